The van der Waals surface area contributed by atoms with Crippen LogP contribution >= 0.6 is 11.3 Å². The predicted molar refractivity (Wildman–Crippen MR) is 93.5 cm³/mol. The number of rotatable bonds is 5. The molecule has 0 bridgehead atoms. The van der Waals surface area contributed by atoms with E-state index in [4.69, 9.17) is 0 Å². The topological polar surface area (TPSA) is 108 Å². The number of amides is 2. The third kappa shape index (κ3) is 3.25. The maximum atomic E-state index is 12.5. The van der Waals surface area contributed by atoms with Gasteiger partial charge < -0.3 is 10.4 Å². The summed E-state index contributed by atoms with van der Waals surface area (Å²) in [5, 5.41) is 16.8. The summed E-state index contributed by atoms with van der Waals surface area (Å²) in [5.41, 5.74) is 0.0263. The molecule has 25 heavy (non-hydrogen) atoms. The normalized spacial score (nSPS) is 20.6. The van der Waals surface area contributed by atoms with Crippen molar-refractivity contribution in [2.75, 3.05) is 10.6 Å². The maximum Gasteiger partial charge on any atom is 0.307 e. The Bertz CT molecular complexity index is 832. The van der Waals surface area contributed by atoms with Gasteiger partial charge in [-0.3, -0.25) is 19.7 Å². The molecule has 1 aliphatic carbocycles. The van der Waals surface area contributed by atoms with Gasteiger partial charge in [-0.1, -0.05) is 26.0 Å². The first-order valence-corrected chi connectivity index (χ1v) is 8.54. The molecule has 2 amide bonds. The summed E-state index contributed by atoms with van der Waals surface area (Å²) in [6, 6.07) is 6.58. The van der Waals surface area contributed by atoms with Crippen LogP contribution in [-0.2, 0) is 9.59 Å². The van der Waals surface area contributed by atoms with Crippen LogP contribution in [0.4, 0.5) is 10.8 Å². The van der Waals surface area contributed by atoms with E-state index in [0.717, 1.165) is 0 Å². The van der Waals surface area contributed by atoms with Crippen LogP contribution in [0, 0.1) is 17.3 Å². The van der Waals surface area contributed by atoms with Crippen molar-refractivity contribution in [1.82, 2.24) is 4.98 Å². The standard InChI is InChI=1S/C17H17N3O4S/c1-17(2)11(12(17)15(23)24)14(22)19-10-6-4-3-5-9(10)13(21)20-16-18-7-8-25-16/h3-8,11-12H,1-2H3,(H,19,22)(H,23,24)(H,18,20,21)/t11-,12-/m1/s1. The number of aromatic nitrogens is 1. The summed E-state index contributed by atoms with van der Waals surface area (Å²) in [4.78, 5) is 40.1. The quantitative estimate of drug-likeness (QED) is 0.760. The van der Waals surface area contributed by atoms with E-state index in [1.807, 2.05) is 0 Å². The lowest BCUT2D eigenvalue weighted by Gasteiger charge is -2.11. The second kappa shape index (κ2) is 6.29. The summed E-state index contributed by atoms with van der Waals surface area (Å²) >= 11 is 1.29. The molecule has 3 N–H and O–H groups in total. The molecule has 0 spiro atoms. The van der Waals surface area contributed by atoms with Gasteiger partial charge in [0.05, 0.1) is 23.1 Å². The number of hydrogen-bond acceptors (Lipinski definition) is 5. The zero-order valence-corrected chi connectivity index (χ0v) is 14.5. The van der Waals surface area contributed by atoms with Crippen molar-refractivity contribution in [2.24, 2.45) is 17.3 Å². The summed E-state index contributed by atoms with van der Waals surface area (Å²) in [6.45, 7) is 3.49. The van der Waals surface area contributed by atoms with Gasteiger partial charge >= 0.3 is 5.97 Å². The van der Waals surface area contributed by atoms with Crippen LogP contribution < -0.4 is 10.6 Å². The smallest absolute Gasteiger partial charge is 0.307 e. The molecule has 0 saturated heterocycles. The zero-order valence-electron chi connectivity index (χ0n) is 13.6. The van der Waals surface area contributed by atoms with Gasteiger partial charge in [0.1, 0.15) is 0 Å². The third-order valence-electron chi connectivity index (χ3n) is 4.46. The molecule has 0 unspecified atom stereocenters. The van der Waals surface area contributed by atoms with Crippen LogP contribution in [0.5, 0.6) is 0 Å². The van der Waals surface area contributed by atoms with Crippen molar-refractivity contribution in [1.29, 1.82) is 0 Å². The molecule has 0 aliphatic heterocycles. The second-order valence-electron chi connectivity index (χ2n) is 6.44. The first kappa shape index (κ1) is 17.1. The van der Waals surface area contributed by atoms with E-state index in [0.29, 0.717) is 10.8 Å². The lowest BCUT2D eigenvalue weighted by atomic mass is 10.1. The fraction of sp³-hybridized carbons (Fsp3) is 0.294. The Morgan fingerprint density at radius 1 is 1.16 bits per heavy atom. The molecule has 1 heterocycles. The average Bonchev–Trinajstić information content (AvgIpc) is 2.88. The van der Waals surface area contributed by atoms with Crippen molar-refractivity contribution in [3.63, 3.8) is 0 Å². The van der Waals surface area contributed by atoms with E-state index in [1.54, 1.807) is 49.7 Å². The van der Waals surface area contributed by atoms with E-state index in [9.17, 15) is 19.5 Å². The number of carbonyl (C=O) groups is 3. The van der Waals surface area contributed by atoms with Crippen LogP contribution in [0.15, 0.2) is 35.8 Å². The number of thiazole rings is 1. The Labute approximate surface area is 148 Å². The highest BCUT2D eigenvalue weighted by molar-refractivity contribution is 7.13. The summed E-state index contributed by atoms with van der Waals surface area (Å²) < 4.78 is 0. The van der Waals surface area contributed by atoms with Gasteiger partial charge in [0, 0.05) is 11.6 Å². The van der Waals surface area contributed by atoms with Crippen LogP contribution in [0.3, 0.4) is 0 Å². The highest BCUT2D eigenvalue weighted by Crippen LogP contribution is 2.58. The van der Waals surface area contributed by atoms with Crippen molar-refractivity contribution < 1.29 is 19.5 Å². The predicted octanol–water partition coefficient (Wildman–Crippen LogP) is 2.69. The lowest BCUT2D eigenvalue weighted by Crippen LogP contribution is -2.21. The Morgan fingerprint density at radius 2 is 1.88 bits per heavy atom. The number of aliphatic carboxylic acids is 1. The van der Waals surface area contributed by atoms with Gasteiger partial charge in [-0.2, -0.15) is 0 Å². The van der Waals surface area contributed by atoms with Crippen LogP contribution in [0.2, 0.25) is 0 Å². The summed E-state index contributed by atoms with van der Waals surface area (Å²) in [6.07, 6.45) is 1.58. The minimum absolute atomic E-state index is 0.288. The molecule has 2 aromatic rings. The molecule has 130 valence electrons. The monoisotopic (exact) mass is 359 g/mol. The molecule has 0 radical (unpaired) electrons. The molecule has 8 heteroatoms. The van der Waals surface area contributed by atoms with E-state index < -0.39 is 35.0 Å². The largest absolute Gasteiger partial charge is 0.481 e. The lowest BCUT2D eigenvalue weighted by molar-refractivity contribution is -0.140. The van der Waals surface area contributed by atoms with Gasteiger partial charge in [-0.25, -0.2) is 4.98 Å². The molecule has 1 aromatic heterocycles. The minimum Gasteiger partial charge on any atom is -0.481 e. The third-order valence-corrected chi connectivity index (χ3v) is 5.15. The van der Waals surface area contributed by atoms with Crippen LogP contribution in [0.1, 0.15) is 24.2 Å². The van der Waals surface area contributed by atoms with E-state index >= 15 is 0 Å². The van der Waals surface area contributed by atoms with E-state index in [1.165, 1.54) is 11.3 Å². The molecule has 1 fully saturated rings. The molecule has 3 rings (SSSR count). The van der Waals surface area contributed by atoms with Crippen molar-refractivity contribution >= 4 is 39.9 Å². The van der Waals surface area contributed by atoms with Crippen molar-refractivity contribution in [3.05, 3.63) is 41.4 Å². The first-order chi connectivity index (χ1) is 11.8. The Hall–Kier alpha value is -2.74. The molecule has 2 atom stereocenters. The van der Waals surface area contributed by atoms with Gasteiger partial charge in [0.25, 0.3) is 5.91 Å². The minimum atomic E-state index is -0.986. The van der Waals surface area contributed by atoms with Gasteiger partial charge in [0.15, 0.2) is 5.13 Å². The summed E-state index contributed by atoms with van der Waals surface area (Å²) in [5.74, 6) is -3.12. The van der Waals surface area contributed by atoms with Gasteiger partial charge in [-0.05, 0) is 17.5 Å². The molecule has 7 nitrogen and oxygen atoms in total. The summed E-state index contributed by atoms with van der Waals surface area (Å²) in [7, 11) is 0. The van der Waals surface area contributed by atoms with Crippen LogP contribution in [0.25, 0.3) is 0 Å². The number of hydrogen-bond donors (Lipinski definition) is 3. The number of benzene rings is 1. The number of para-hydroxylation sites is 1. The highest BCUT2D eigenvalue weighted by atomic mass is 32.1. The molecular weight excluding hydrogens is 342 g/mol. The fourth-order valence-electron chi connectivity index (χ4n) is 3.04. The average molecular weight is 359 g/mol. The molecule has 1 aromatic carbocycles. The Balaban J connectivity index is 1.76. The fourth-order valence-corrected chi connectivity index (χ4v) is 3.56. The Morgan fingerprint density at radius 3 is 2.48 bits per heavy atom. The Kier molecular flexibility index (Phi) is 4.30. The highest BCUT2D eigenvalue weighted by Gasteiger charge is 2.65. The molecule has 1 saturated carbocycles. The van der Waals surface area contributed by atoms with Crippen LogP contribution in [-0.4, -0.2) is 27.9 Å². The number of carboxylic acid groups (broad SMARTS) is 1. The van der Waals surface area contributed by atoms with E-state index in [-0.39, 0.29) is 5.56 Å². The maximum absolute atomic E-state index is 12.5. The van der Waals surface area contributed by atoms with Gasteiger partial charge in [0.2, 0.25) is 5.91 Å². The second-order valence-corrected chi connectivity index (χ2v) is 7.34. The van der Waals surface area contributed by atoms with E-state index in [2.05, 4.69) is 15.6 Å². The first-order valence-electron chi connectivity index (χ1n) is 7.66. The number of anilines is 2. The van der Waals surface area contributed by atoms with Crippen molar-refractivity contribution in [3.8, 4) is 0 Å². The van der Waals surface area contributed by atoms with Crippen molar-refractivity contribution in [2.45, 2.75) is 13.8 Å². The molecule has 1 aliphatic rings. The van der Waals surface area contributed by atoms with Gasteiger partial charge in [-0.15, -0.1) is 11.3 Å². The number of nitrogens with zero attached hydrogens (tertiary/aromatic N) is 1. The SMILES string of the molecule is CC1(C)[C@@H](C(=O)O)[C@@H]1C(=O)Nc1ccccc1C(=O)Nc1nccs1. The number of carboxylic acids is 1. The molecular formula is C17H17N3O4S. The number of carbonyl (C=O) groups excluding carboxylic acids is 2. The number of nitrogens with one attached hydrogen (secondary N) is 2. The zero-order chi connectivity index (χ0) is 18.2.